The van der Waals surface area contributed by atoms with Crippen LogP contribution in [-0.2, 0) is 0 Å². The quantitative estimate of drug-likeness (QED) is 0.774. The van der Waals surface area contributed by atoms with E-state index in [0.29, 0.717) is 0 Å². The fraction of sp³-hybridized carbons (Fsp3) is 0.143. The molecule has 0 radical (unpaired) electrons. The topological polar surface area (TPSA) is 15.8 Å². The molecular weight excluding hydrogens is 201 g/mol. The summed E-state index contributed by atoms with van der Waals surface area (Å²) in [5, 5.41) is 0. The van der Waals surface area contributed by atoms with Crippen LogP contribution in [0.5, 0.6) is 0 Å². The van der Waals surface area contributed by atoms with Crippen molar-refractivity contribution >= 4 is 5.57 Å². The van der Waals surface area contributed by atoms with Crippen molar-refractivity contribution in [2.75, 3.05) is 0 Å². The van der Waals surface area contributed by atoms with Crippen LogP contribution < -0.4 is 0 Å². The molecule has 0 amide bonds. The average molecular weight is 215 g/mol. The van der Waals surface area contributed by atoms with E-state index < -0.39 is 0 Å². The van der Waals surface area contributed by atoms with Gasteiger partial charge >= 0.3 is 0 Å². The molecule has 0 atom stereocenters. The molecule has 0 spiro atoms. The second-order valence-corrected chi connectivity index (χ2v) is 4.01. The van der Waals surface area contributed by atoms with Gasteiger partial charge in [0.2, 0.25) is 0 Å². The summed E-state index contributed by atoms with van der Waals surface area (Å²) in [7, 11) is 0. The van der Waals surface area contributed by atoms with Crippen LogP contribution in [0.25, 0.3) is 16.7 Å². The number of allylic oxidation sites excluding steroid dienone is 1. The van der Waals surface area contributed by atoms with E-state index in [2.05, 4.69) is 11.6 Å². The van der Waals surface area contributed by atoms with Gasteiger partial charge in [0.05, 0.1) is 0 Å². The Hall–Kier alpha value is -1.83. The minimum absolute atomic E-state index is 0.214. The predicted molar refractivity (Wildman–Crippen MR) is 65.6 cm³/mol. The van der Waals surface area contributed by atoms with Crippen LogP contribution in [-0.4, -0.2) is 4.98 Å². The summed E-state index contributed by atoms with van der Waals surface area (Å²) < 4.78 is 12.9. The van der Waals surface area contributed by atoms with Gasteiger partial charge in [0, 0.05) is 17.5 Å². The number of H-pyrrole nitrogens is 1. The third-order valence-electron chi connectivity index (χ3n) is 2.64. The smallest absolute Gasteiger partial charge is 0.123 e. The molecule has 0 aliphatic carbocycles. The summed E-state index contributed by atoms with van der Waals surface area (Å²) in [5.74, 6) is -0.214. The lowest BCUT2D eigenvalue weighted by Gasteiger charge is -2.05. The van der Waals surface area contributed by atoms with E-state index in [9.17, 15) is 4.39 Å². The number of rotatable bonds is 2. The molecule has 2 heteroatoms. The second kappa shape index (κ2) is 3.97. The molecule has 1 nitrogen and oxygen atoms in total. The molecular formula is C14H14FN. The SMILES string of the molecule is C=C(C)c1[nH]cc(C)c1-c1ccc(F)cc1. The highest BCUT2D eigenvalue weighted by atomic mass is 19.1. The van der Waals surface area contributed by atoms with E-state index in [0.717, 1.165) is 28.0 Å². The summed E-state index contributed by atoms with van der Waals surface area (Å²) in [6.45, 7) is 7.92. The van der Waals surface area contributed by atoms with Crippen molar-refractivity contribution in [3.8, 4) is 11.1 Å². The van der Waals surface area contributed by atoms with Crippen molar-refractivity contribution in [2.45, 2.75) is 13.8 Å². The largest absolute Gasteiger partial charge is 0.361 e. The summed E-state index contributed by atoms with van der Waals surface area (Å²) in [6.07, 6.45) is 1.95. The van der Waals surface area contributed by atoms with Crippen molar-refractivity contribution in [1.82, 2.24) is 4.98 Å². The predicted octanol–water partition coefficient (Wildman–Crippen LogP) is 4.16. The monoisotopic (exact) mass is 215 g/mol. The lowest BCUT2D eigenvalue weighted by molar-refractivity contribution is 0.628. The molecule has 0 saturated carbocycles. The van der Waals surface area contributed by atoms with Crippen molar-refractivity contribution in [1.29, 1.82) is 0 Å². The van der Waals surface area contributed by atoms with E-state index in [4.69, 9.17) is 0 Å². The molecule has 16 heavy (non-hydrogen) atoms. The van der Waals surface area contributed by atoms with Gasteiger partial charge in [-0.1, -0.05) is 18.7 Å². The first kappa shape index (κ1) is 10.7. The molecule has 1 heterocycles. The molecule has 1 aromatic carbocycles. The molecule has 0 fully saturated rings. The Morgan fingerprint density at radius 3 is 2.44 bits per heavy atom. The Morgan fingerprint density at radius 1 is 1.25 bits per heavy atom. The van der Waals surface area contributed by atoms with Gasteiger partial charge in [0.25, 0.3) is 0 Å². The fourth-order valence-corrected chi connectivity index (χ4v) is 1.85. The van der Waals surface area contributed by atoms with E-state index in [-0.39, 0.29) is 5.82 Å². The lowest BCUT2D eigenvalue weighted by Crippen LogP contribution is -1.85. The lowest BCUT2D eigenvalue weighted by atomic mass is 10.00. The van der Waals surface area contributed by atoms with E-state index in [1.165, 1.54) is 12.1 Å². The van der Waals surface area contributed by atoms with Crippen LogP contribution in [0.3, 0.4) is 0 Å². The third kappa shape index (κ3) is 1.78. The zero-order valence-electron chi connectivity index (χ0n) is 9.47. The fourth-order valence-electron chi connectivity index (χ4n) is 1.85. The normalized spacial score (nSPS) is 10.4. The van der Waals surface area contributed by atoms with Crippen LogP contribution >= 0.6 is 0 Å². The van der Waals surface area contributed by atoms with Crippen LogP contribution in [0.4, 0.5) is 4.39 Å². The molecule has 0 aliphatic rings. The maximum Gasteiger partial charge on any atom is 0.123 e. The molecule has 2 rings (SSSR count). The van der Waals surface area contributed by atoms with Crippen LogP contribution in [0.1, 0.15) is 18.2 Å². The van der Waals surface area contributed by atoms with Crippen LogP contribution in [0.15, 0.2) is 37.0 Å². The average Bonchev–Trinajstić information content (AvgIpc) is 2.62. The van der Waals surface area contributed by atoms with E-state index in [1.54, 1.807) is 12.1 Å². The van der Waals surface area contributed by atoms with Gasteiger partial charge in [0.15, 0.2) is 0 Å². The van der Waals surface area contributed by atoms with E-state index in [1.807, 2.05) is 20.0 Å². The standard InChI is InChI=1S/C14H14FN/c1-9(2)14-13(10(3)8-16-14)11-4-6-12(15)7-5-11/h4-8,16H,1H2,2-3H3. The first-order valence-electron chi connectivity index (χ1n) is 5.19. The molecule has 82 valence electrons. The van der Waals surface area contributed by atoms with Gasteiger partial charge in [-0.05, 0) is 42.7 Å². The number of nitrogens with one attached hydrogen (secondary N) is 1. The Bertz CT molecular complexity index is 520. The summed E-state index contributed by atoms with van der Waals surface area (Å²) >= 11 is 0. The Kier molecular flexibility index (Phi) is 2.65. The number of benzene rings is 1. The molecule has 2 aromatic rings. The molecule has 0 bridgehead atoms. The number of aromatic amines is 1. The minimum Gasteiger partial charge on any atom is -0.361 e. The molecule has 0 unspecified atom stereocenters. The van der Waals surface area contributed by atoms with Gasteiger partial charge in [-0.25, -0.2) is 4.39 Å². The molecule has 1 N–H and O–H groups in total. The first-order chi connectivity index (χ1) is 7.59. The van der Waals surface area contributed by atoms with Crippen molar-refractivity contribution in [2.24, 2.45) is 0 Å². The van der Waals surface area contributed by atoms with Crippen molar-refractivity contribution in [3.05, 3.63) is 54.1 Å². The number of halogens is 1. The maximum atomic E-state index is 12.9. The first-order valence-corrected chi connectivity index (χ1v) is 5.19. The minimum atomic E-state index is -0.214. The number of aromatic nitrogens is 1. The van der Waals surface area contributed by atoms with Gasteiger partial charge in [0.1, 0.15) is 5.82 Å². The number of aryl methyl sites for hydroxylation is 1. The van der Waals surface area contributed by atoms with Crippen molar-refractivity contribution in [3.63, 3.8) is 0 Å². The Balaban J connectivity index is 2.58. The van der Waals surface area contributed by atoms with Crippen LogP contribution in [0, 0.1) is 12.7 Å². The zero-order valence-corrected chi connectivity index (χ0v) is 9.47. The highest BCUT2D eigenvalue weighted by Gasteiger charge is 2.10. The van der Waals surface area contributed by atoms with Gasteiger partial charge < -0.3 is 4.98 Å². The van der Waals surface area contributed by atoms with Gasteiger partial charge in [-0.15, -0.1) is 0 Å². The Morgan fingerprint density at radius 2 is 1.88 bits per heavy atom. The zero-order chi connectivity index (χ0) is 11.7. The highest BCUT2D eigenvalue weighted by molar-refractivity contribution is 5.80. The summed E-state index contributed by atoms with van der Waals surface area (Å²) in [5.41, 5.74) is 5.26. The van der Waals surface area contributed by atoms with Crippen molar-refractivity contribution < 1.29 is 4.39 Å². The van der Waals surface area contributed by atoms with Gasteiger partial charge in [-0.2, -0.15) is 0 Å². The maximum absolute atomic E-state index is 12.9. The third-order valence-corrected chi connectivity index (χ3v) is 2.64. The summed E-state index contributed by atoms with van der Waals surface area (Å²) in [4.78, 5) is 3.19. The van der Waals surface area contributed by atoms with Crippen LogP contribution in [0.2, 0.25) is 0 Å². The highest BCUT2D eigenvalue weighted by Crippen LogP contribution is 2.30. The van der Waals surface area contributed by atoms with E-state index >= 15 is 0 Å². The number of hydrogen-bond donors (Lipinski definition) is 1. The molecule has 0 aliphatic heterocycles. The molecule has 1 aromatic heterocycles. The van der Waals surface area contributed by atoms with Gasteiger partial charge in [-0.3, -0.25) is 0 Å². The Labute approximate surface area is 94.6 Å². The number of hydrogen-bond acceptors (Lipinski definition) is 0. The molecule has 0 saturated heterocycles. The second-order valence-electron chi connectivity index (χ2n) is 4.01. The summed E-state index contributed by atoms with van der Waals surface area (Å²) in [6, 6.07) is 6.53.